The first kappa shape index (κ1) is 17.5. The topological polar surface area (TPSA) is 52.6 Å². The molecular weight excluding hydrogens is 340 g/mol. The lowest BCUT2D eigenvalue weighted by Crippen LogP contribution is -2.44. The van der Waals surface area contributed by atoms with Gasteiger partial charge in [0.25, 0.3) is 0 Å². The molecule has 2 aromatic carbocycles. The summed E-state index contributed by atoms with van der Waals surface area (Å²) in [5.74, 6) is -0.166. The summed E-state index contributed by atoms with van der Waals surface area (Å²) in [7, 11) is 1.50. The van der Waals surface area contributed by atoms with Gasteiger partial charge in [0.15, 0.2) is 6.61 Å². The summed E-state index contributed by atoms with van der Waals surface area (Å²) < 4.78 is 10.6. The Bertz CT molecular complexity index is 779. The van der Waals surface area contributed by atoms with Crippen LogP contribution in [0.5, 0.6) is 5.75 Å². The summed E-state index contributed by atoms with van der Waals surface area (Å²) in [5, 5.41) is 0.623. The number of carbonyl (C=O) groups is 2. The number of carbonyl (C=O) groups excluding carboxylic acids is 2. The number of hydrogen-bond donors (Lipinski definition) is 0. The van der Waals surface area contributed by atoms with Crippen LogP contribution in [-0.2, 0) is 14.9 Å². The van der Waals surface area contributed by atoms with Crippen LogP contribution in [0.4, 0.5) is 0 Å². The Labute approximate surface area is 151 Å². The second-order valence-corrected chi connectivity index (χ2v) is 6.58. The van der Waals surface area contributed by atoms with Crippen LogP contribution in [-0.4, -0.2) is 25.5 Å². The molecule has 0 aliphatic heterocycles. The highest BCUT2D eigenvalue weighted by Gasteiger charge is 2.47. The lowest BCUT2D eigenvalue weighted by Gasteiger charge is -2.39. The highest BCUT2D eigenvalue weighted by atomic mass is 35.5. The Kier molecular flexibility index (Phi) is 5.09. The number of hydrogen-bond acceptors (Lipinski definition) is 4. The minimum absolute atomic E-state index is 0.281. The van der Waals surface area contributed by atoms with E-state index in [-0.39, 0.29) is 18.4 Å². The number of Topliss-reactive ketones (excluding diaryl/α,β-unsaturated/α-hetero) is 1. The van der Waals surface area contributed by atoms with Gasteiger partial charge in [-0.1, -0.05) is 42.3 Å². The van der Waals surface area contributed by atoms with E-state index in [0.717, 1.165) is 24.8 Å². The summed E-state index contributed by atoms with van der Waals surface area (Å²) in [5.41, 5.74) is 0.635. The maximum atomic E-state index is 12.7. The van der Waals surface area contributed by atoms with Crippen molar-refractivity contribution in [2.24, 2.45) is 0 Å². The Morgan fingerprint density at radius 1 is 1.08 bits per heavy atom. The van der Waals surface area contributed by atoms with Crippen LogP contribution in [0.25, 0.3) is 0 Å². The number of halogens is 1. The molecule has 2 aromatic rings. The van der Waals surface area contributed by atoms with Crippen molar-refractivity contribution in [2.75, 3.05) is 13.7 Å². The van der Waals surface area contributed by atoms with Gasteiger partial charge in [-0.15, -0.1) is 0 Å². The number of para-hydroxylation sites is 1. The molecule has 0 bridgehead atoms. The fraction of sp³-hybridized carbons (Fsp3) is 0.300. The summed E-state index contributed by atoms with van der Waals surface area (Å²) in [6, 6.07) is 14.1. The zero-order valence-electron chi connectivity index (χ0n) is 14.0. The molecule has 0 heterocycles. The first-order chi connectivity index (χ1) is 12.1. The number of esters is 1. The van der Waals surface area contributed by atoms with Crippen molar-refractivity contribution in [3.8, 4) is 5.75 Å². The quantitative estimate of drug-likeness (QED) is 0.573. The van der Waals surface area contributed by atoms with E-state index in [1.807, 2.05) is 12.1 Å². The van der Waals surface area contributed by atoms with Crippen LogP contribution in [0.15, 0.2) is 48.5 Å². The van der Waals surface area contributed by atoms with Crippen LogP contribution < -0.4 is 4.74 Å². The smallest absolute Gasteiger partial charge is 0.317 e. The largest absolute Gasteiger partial charge is 0.496 e. The van der Waals surface area contributed by atoms with Gasteiger partial charge in [-0.2, -0.15) is 0 Å². The molecule has 0 spiro atoms. The molecule has 1 aliphatic rings. The standard InChI is InChI=1S/C20H19ClO4/c1-24-18-6-3-2-5-16(18)17(22)13-25-19(23)20(11-4-12-20)14-7-9-15(21)10-8-14/h2-3,5-10H,4,11-13H2,1H3. The molecule has 1 fully saturated rings. The van der Waals surface area contributed by atoms with Gasteiger partial charge in [0.1, 0.15) is 5.75 Å². The molecule has 25 heavy (non-hydrogen) atoms. The molecule has 0 saturated heterocycles. The SMILES string of the molecule is COc1ccccc1C(=O)COC(=O)C1(c2ccc(Cl)cc2)CCC1. The third kappa shape index (κ3) is 3.40. The summed E-state index contributed by atoms with van der Waals surface area (Å²) in [4.78, 5) is 25.1. The maximum absolute atomic E-state index is 12.7. The van der Waals surface area contributed by atoms with Gasteiger partial charge in [-0.05, 0) is 42.7 Å². The Morgan fingerprint density at radius 3 is 2.36 bits per heavy atom. The predicted molar refractivity (Wildman–Crippen MR) is 95.3 cm³/mol. The van der Waals surface area contributed by atoms with Crippen molar-refractivity contribution >= 4 is 23.4 Å². The molecule has 0 aromatic heterocycles. The third-order valence-corrected chi connectivity index (χ3v) is 4.99. The molecule has 0 amide bonds. The molecular formula is C20H19ClO4. The second-order valence-electron chi connectivity index (χ2n) is 6.14. The lowest BCUT2D eigenvalue weighted by atomic mass is 9.64. The number of ether oxygens (including phenoxy) is 2. The molecule has 1 saturated carbocycles. The molecule has 5 heteroatoms. The van der Waals surface area contributed by atoms with Crippen molar-refractivity contribution in [3.63, 3.8) is 0 Å². The number of benzene rings is 2. The zero-order valence-corrected chi connectivity index (χ0v) is 14.7. The first-order valence-electron chi connectivity index (χ1n) is 8.16. The van der Waals surface area contributed by atoms with E-state index in [1.165, 1.54) is 7.11 Å². The number of methoxy groups -OCH3 is 1. The van der Waals surface area contributed by atoms with E-state index < -0.39 is 5.41 Å². The van der Waals surface area contributed by atoms with Crippen LogP contribution in [0, 0.1) is 0 Å². The number of rotatable bonds is 6. The van der Waals surface area contributed by atoms with Gasteiger partial charge in [0, 0.05) is 5.02 Å². The molecule has 0 N–H and O–H groups in total. The van der Waals surface area contributed by atoms with Crippen molar-refractivity contribution in [1.29, 1.82) is 0 Å². The van der Waals surface area contributed by atoms with E-state index in [4.69, 9.17) is 21.1 Å². The fourth-order valence-electron chi connectivity index (χ4n) is 3.13. The average Bonchev–Trinajstić information content (AvgIpc) is 2.60. The zero-order chi connectivity index (χ0) is 17.9. The summed E-state index contributed by atoms with van der Waals surface area (Å²) >= 11 is 5.93. The summed E-state index contributed by atoms with van der Waals surface area (Å²) in [6.07, 6.45) is 2.39. The molecule has 0 radical (unpaired) electrons. The lowest BCUT2D eigenvalue weighted by molar-refractivity contribution is -0.153. The summed E-state index contributed by atoms with van der Waals surface area (Å²) in [6.45, 7) is -0.297. The van der Waals surface area contributed by atoms with Crippen molar-refractivity contribution in [3.05, 3.63) is 64.7 Å². The van der Waals surface area contributed by atoms with Crippen molar-refractivity contribution in [1.82, 2.24) is 0 Å². The van der Waals surface area contributed by atoms with Gasteiger partial charge < -0.3 is 9.47 Å². The van der Waals surface area contributed by atoms with Crippen LogP contribution >= 0.6 is 11.6 Å². The predicted octanol–water partition coefficient (Wildman–Crippen LogP) is 4.20. The normalized spacial score (nSPS) is 15.1. The van der Waals surface area contributed by atoms with Gasteiger partial charge >= 0.3 is 5.97 Å². The first-order valence-corrected chi connectivity index (χ1v) is 8.54. The monoisotopic (exact) mass is 358 g/mol. The van der Waals surface area contributed by atoms with E-state index >= 15 is 0 Å². The minimum Gasteiger partial charge on any atom is -0.496 e. The maximum Gasteiger partial charge on any atom is 0.317 e. The molecule has 3 rings (SSSR count). The van der Waals surface area contributed by atoms with Gasteiger partial charge in [-0.3, -0.25) is 9.59 Å². The van der Waals surface area contributed by atoms with Gasteiger partial charge in [0.2, 0.25) is 5.78 Å². The molecule has 0 atom stereocenters. The molecule has 0 unspecified atom stereocenters. The average molecular weight is 359 g/mol. The number of ketones is 1. The van der Waals surface area contributed by atoms with E-state index in [9.17, 15) is 9.59 Å². The second kappa shape index (κ2) is 7.28. The van der Waals surface area contributed by atoms with Crippen LogP contribution in [0.3, 0.4) is 0 Å². The van der Waals surface area contributed by atoms with Crippen LogP contribution in [0.1, 0.15) is 35.2 Å². The van der Waals surface area contributed by atoms with Crippen molar-refractivity contribution in [2.45, 2.75) is 24.7 Å². The Hall–Kier alpha value is -2.33. The minimum atomic E-state index is -0.661. The molecule has 4 nitrogen and oxygen atoms in total. The highest BCUT2D eigenvalue weighted by molar-refractivity contribution is 6.30. The highest BCUT2D eigenvalue weighted by Crippen LogP contribution is 2.45. The van der Waals surface area contributed by atoms with E-state index in [1.54, 1.807) is 36.4 Å². The Morgan fingerprint density at radius 2 is 1.76 bits per heavy atom. The van der Waals surface area contributed by atoms with E-state index in [2.05, 4.69) is 0 Å². The van der Waals surface area contributed by atoms with E-state index in [0.29, 0.717) is 16.3 Å². The third-order valence-electron chi connectivity index (χ3n) is 4.74. The van der Waals surface area contributed by atoms with Gasteiger partial charge in [0.05, 0.1) is 18.1 Å². The van der Waals surface area contributed by atoms with Crippen LogP contribution in [0.2, 0.25) is 5.02 Å². The fourth-order valence-corrected chi connectivity index (χ4v) is 3.26. The molecule has 130 valence electrons. The van der Waals surface area contributed by atoms with Gasteiger partial charge in [-0.25, -0.2) is 0 Å². The molecule has 1 aliphatic carbocycles. The Balaban J connectivity index is 1.71. The van der Waals surface area contributed by atoms with Crippen molar-refractivity contribution < 1.29 is 19.1 Å².